The molecule has 2 aromatic rings. The van der Waals surface area contributed by atoms with Gasteiger partial charge in [-0.3, -0.25) is 9.36 Å². The molecule has 2 aromatic heterocycles. The quantitative estimate of drug-likeness (QED) is 0.734. The molecule has 106 valence electrons. The fraction of sp³-hybridized carbons (Fsp3) is 0.455. The van der Waals surface area contributed by atoms with E-state index < -0.39 is 18.2 Å². The number of carbonyl (C=O) groups excluding carboxylic acids is 1. The molecule has 8 nitrogen and oxygen atoms in total. The summed E-state index contributed by atoms with van der Waals surface area (Å²) in [5.41, 5.74) is 5.93. The van der Waals surface area contributed by atoms with Crippen molar-refractivity contribution in [1.29, 1.82) is 0 Å². The minimum Gasteiger partial charge on any atom is -0.394 e. The fourth-order valence-corrected chi connectivity index (χ4v) is 3.17. The van der Waals surface area contributed by atoms with Gasteiger partial charge in [-0.25, -0.2) is 4.98 Å². The van der Waals surface area contributed by atoms with Crippen molar-refractivity contribution in [2.45, 2.75) is 18.8 Å². The highest BCUT2D eigenvalue weighted by molar-refractivity contribution is 7.16. The summed E-state index contributed by atoms with van der Waals surface area (Å²) in [6.07, 6.45) is 1.32. The van der Waals surface area contributed by atoms with Crippen molar-refractivity contribution in [2.75, 3.05) is 12.3 Å². The van der Waals surface area contributed by atoms with Gasteiger partial charge in [0.2, 0.25) is 5.95 Å². The van der Waals surface area contributed by atoms with Gasteiger partial charge in [-0.2, -0.15) is 4.98 Å². The van der Waals surface area contributed by atoms with E-state index in [0.717, 1.165) is 17.6 Å². The van der Waals surface area contributed by atoms with Crippen molar-refractivity contribution in [2.24, 2.45) is 5.92 Å². The first-order chi connectivity index (χ1) is 9.63. The van der Waals surface area contributed by atoms with E-state index in [9.17, 15) is 14.7 Å². The van der Waals surface area contributed by atoms with Crippen LogP contribution in [0.15, 0.2) is 11.0 Å². The zero-order valence-electron chi connectivity index (χ0n) is 10.3. The van der Waals surface area contributed by atoms with Crippen LogP contribution >= 0.6 is 11.3 Å². The largest absolute Gasteiger partial charge is 0.394 e. The van der Waals surface area contributed by atoms with Gasteiger partial charge >= 0.3 is 4.87 Å². The number of hydrogen-bond acceptors (Lipinski definition) is 8. The Bertz CT molecular complexity index is 712. The number of aromatic nitrogens is 3. The van der Waals surface area contributed by atoms with E-state index in [1.54, 1.807) is 0 Å². The molecular formula is C11H12N4O4S. The molecule has 20 heavy (non-hydrogen) atoms. The Morgan fingerprint density at radius 2 is 2.45 bits per heavy atom. The molecule has 3 rings (SSSR count). The molecule has 0 amide bonds. The summed E-state index contributed by atoms with van der Waals surface area (Å²) in [6.45, 7) is -0.270. The number of thiazole rings is 1. The number of nitrogen functional groups attached to an aromatic ring is 1. The highest BCUT2D eigenvalue weighted by Crippen LogP contribution is 2.33. The summed E-state index contributed by atoms with van der Waals surface area (Å²) in [6, 6.07) is 0. The van der Waals surface area contributed by atoms with Gasteiger partial charge in [0, 0.05) is 12.3 Å². The second kappa shape index (κ2) is 4.93. The number of rotatable bonds is 3. The lowest BCUT2D eigenvalue weighted by atomic mass is 10.0. The molecule has 1 aliphatic heterocycles. The summed E-state index contributed by atoms with van der Waals surface area (Å²) in [5.74, 6) is -0.376. The standard InChI is InChI=1S/C11H12N4O4S/c12-10-13-2-7-9(14-10)15(11(18)20-7)8-1-5(3-16)6(4-17)19-8/h2-3,5-6,8,17H,1,4H2,(H2,12,13,14)/t5-,6-,8-/m1/s1. The minimum atomic E-state index is -0.627. The summed E-state index contributed by atoms with van der Waals surface area (Å²) in [4.78, 5) is 30.7. The average Bonchev–Trinajstić information content (AvgIpc) is 2.97. The molecule has 1 aliphatic rings. The molecule has 3 heterocycles. The monoisotopic (exact) mass is 296 g/mol. The van der Waals surface area contributed by atoms with Crippen molar-refractivity contribution in [3.05, 3.63) is 15.9 Å². The first-order valence-electron chi connectivity index (χ1n) is 5.99. The van der Waals surface area contributed by atoms with E-state index in [-0.39, 0.29) is 17.4 Å². The van der Waals surface area contributed by atoms with Crippen LogP contribution in [0.25, 0.3) is 10.3 Å². The normalized spacial score (nSPS) is 26.1. The number of aldehydes is 1. The molecule has 3 N–H and O–H groups in total. The maximum absolute atomic E-state index is 12.1. The Kier molecular flexibility index (Phi) is 3.24. The molecule has 1 fully saturated rings. The number of nitrogens with zero attached hydrogens (tertiary/aromatic N) is 3. The van der Waals surface area contributed by atoms with Crippen molar-refractivity contribution >= 4 is 33.9 Å². The molecule has 0 radical (unpaired) electrons. The zero-order chi connectivity index (χ0) is 14.3. The molecule has 0 bridgehead atoms. The number of nitrogens with two attached hydrogens (primary N) is 1. The summed E-state index contributed by atoms with van der Waals surface area (Å²) in [5, 5.41) is 9.20. The van der Waals surface area contributed by atoms with Gasteiger partial charge in [-0.15, -0.1) is 0 Å². The predicted molar refractivity (Wildman–Crippen MR) is 71.3 cm³/mol. The van der Waals surface area contributed by atoms with E-state index in [2.05, 4.69) is 9.97 Å². The number of fused-ring (bicyclic) bond motifs is 1. The van der Waals surface area contributed by atoms with Crippen LogP contribution in [0.1, 0.15) is 12.6 Å². The lowest BCUT2D eigenvalue weighted by molar-refractivity contribution is -0.113. The van der Waals surface area contributed by atoms with Crippen LogP contribution in [0.3, 0.4) is 0 Å². The van der Waals surface area contributed by atoms with Crippen LogP contribution in [0, 0.1) is 5.92 Å². The van der Waals surface area contributed by atoms with E-state index in [1.807, 2.05) is 0 Å². The van der Waals surface area contributed by atoms with Gasteiger partial charge < -0.3 is 20.4 Å². The number of carbonyl (C=O) groups is 1. The first-order valence-corrected chi connectivity index (χ1v) is 6.81. The van der Waals surface area contributed by atoms with Gasteiger partial charge in [0.15, 0.2) is 5.65 Å². The Labute approximate surface area is 116 Å². The molecule has 3 atom stereocenters. The van der Waals surface area contributed by atoms with Crippen molar-refractivity contribution in [3.8, 4) is 0 Å². The van der Waals surface area contributed by atoms with Crippen molar-refractivity contribution < 1.29 is 14.6 Å². The van der Waals surface area contributed by atoms with Crippen molar-refractivity contribution in [3.63, 3.8) is 0 Å². The zero-order valence-corrected chi connectivity index (χ0v) is 11.1. The van der Waals surface area contributed by atoms with Crippen LogP contribution in [0.4, 0.5) is 5.95 Å². The first kappa shape index (κ1) is 13.2. The topological polar surface area (TPSA) is 120 Å². The van der Waals surface area contributed by atoms with Crippen LogP contribution in [-0.2, 0) is 9.53 Å². The molecule has 0 spiro atoms. The highest BCUT2D eigenvalue weighted by atomic mass is 32.1. The number of anilines is 1. The van der Waals surface area contributed by atoms with Crippen LogP contribution < -0.4 is 10.6 Å². The second-order valence-electron chi connectivity index (χ2n) is 4.50. The second-order valence-corrected chi connectivity index (χ2v) is 5.49. The van der Waals surface area contributed by atoms with Gasteiger partial charge in [0.25, 0.3) is 0 Å². The van der Waals surface area contributed by atoms with E-state index >= 15 is 0 Å². The third-order valence-electron chi connectivity index (χ3n) is 3.30. The maximum atomic E-state index is 12.1. The van der Waals surface area contributed by atoms with E-state index in [0.29, 0.717) is 16.8 Å². The van der Waals surface area contributed by atoms with E-state index in [4.69, 9.17) is 10.5 Å². The molecule has 0 unspecified atom stereocenters. The molecule has 9 heteroatoms. The number of hydrogen-bond donors (Lipinski definition) is 2. The molecular weight excluding hydrogens is 284 g/mol. The lowest BCUT2D eigenvalue weighted by Crippen LogP contribution is -2.23. The number of aliphatic hydroxyl groups is 1. The number of ether oxygens (including phenoxy) is 1. The third kappa shape index (κ3) is 1.99. The van der Waals surface area contributed by atoms with E-state index in [1.165, 1.54) is 10.8 Å². The average molecular weight is 296 g/mol. The molecule has 0 aromatic carbocycles. The minimum absolute atomic E-state index is 0.0627. The van der Waals surface area contributed by atoms with Gasteiger partial charge in [0.1, 0.15) is 12.5 Å². The highest BCUT2D eigenvalue weighted by Gasteiger charge is 2.37. The molecule has 0 saturated carbocycles. The van der Waals surface area contributed by atoms with Gasteiger partial charge in [-0.05, 0) is 0 Å². The van der Waals surface area contributed by atoms with Crippen LogP contribution in [-0.4, -0.2) is 38.6 Å². The summed E-state index contributed by atoms with van der Waals surface area (Å²) < 4.78 is 7.54. The molecule has 1 saturated heterocycles. The smallest absolute Gasteiger partial charge is 0.311 e. The van der Waals surface area contributed by atoms with Gasteiger partial charge in [-0.1, -0.05) is 11.3 Å². The van der Waals surface area contributed by atoms with Crippen LogP contribution in [0.2, 0.25) is 0 Å². The van der Waals surface area contributed by atoms with Crippen molar-refractivity contribution in [1.82, 2.24) is 14.5 Å². The Balaban J connectivity index is 2.07. The number of aliphatic hydroxyl groups excluding tert-OH is 1. The lowest BCUT2D eigenvalue weighted by Gasteiger charge is -2.13. The SMILES string of the molecule is Nc1ncc2sc(=O)n([C@H]3C[C@H](C=O)[C@@H](CO)O3)c2n1. The van der Waals surface area contributed by atoms with Gasteiger partial charge in [0.05, 0.1) is 23.6 Å². The molecule has 0 aliphatic carbocycles. The summed E-state index contributed by atoms with van der Waals surface area (Å²) >= 11 is 0.988. The predicted octanol–water partition coefficient (Wildman–Crippen LogP) is -0.470. The fourth-order valence-electron chi connectivity index (χ4n) is 2.33. The Morgan fingerprint density at radius 3 is 3.10 bits per heavy atom. The maximum Gasteiger partial charge on any atom is 0.311 e. The Hall–Kier alpha value is -1.84. The Morgan fingerprint density at radius 1 is 1.65 bits per heavy atom. The summed E-state index contributed by atoms with van der Waals surface area (Å²) in [7, 11) is 0. The third-order valence-corrected chi connectivity index (χ3v) is 4.18. The van der Waals surface area contributed by atoms with Crippen LogP contribution in [0.5, 0.6) is 0 Å².